The van der Waals surface area contributed by atoms with Gasteiger partial charge in [-0.1, -0.05) is 13.8 Å². The molecule has 0 aliphatic heterocycles. The van der Waals surface area contributed by atoms with Crippen molar-refractivity contribution in [3.8, 4) is 0 Å². The van der Waals surface area contributed by atoms with Gasteiger partial charge in [-0.25, -0.2) is 0 Å². The topological polar surface area (TPSA) is 59.1 Å². The summed E-state index contributed by atoms with van der Waals surface area (Å²) < 4.78 is 6.10. The smallest absolute Gasteiger partial charge is 0.0911 e. The molecular formula is C14H26N2O. The minimum Gasteiger partial charge on any atom is -0.388 e. The Balaban J connectivity index is 1.76. The van der Waals surface area contributed by atoms with Crippen molar-refractivity contribution in [3.05, 3.63) is 0 Å². The molecule has 0 bridgehead atoms. The fourth-order valence-corrected chi connectivity index (χ4v) is 3.26. The molecule has 0 aromatic carbocycles. The third kappa shape index (κ3) is 3.70. The Labute approximate surface area is 105 Å². The second-order valence-electron chi connectivity index (χ2n) is 6.55. The van der Waals surface area contributed by atoms with E-state index in [0.717, 1.165) is 24.9 Å². The van der Waals surface area contributed by atoms with Crippen LogP contribution in [0.1, 0.15) is 52.4 Å². The van der Waals surface area contributed by atoms with Gasteiger partial charge in [-0.3, -0.25) is 5.41 Å². The summed E-state index contributed by atoms with van der Waals surface area (Å²) in [5.41, 5.74) is 5.73. The number of nitrogens with two attached hydrogens (primary N) is 1. The molecule has 2 unspecified atom stereocenters. The zero-order chi connectivity index (χ0) is 12.5. The molecule has 3 N–H and O–H groups in total. The molecule has 0 radical (unpaired) electrons. The van der Waals surface area contributed by atoms with E-state index in [1.54, 1.807) is 0 Å². The highest BCUT2D eigenvalue weighted by molar-refractivity contribution is 5.78. The zero-order valence-electron chi connectivity index (χ0n) is 11.2. The lowest BCUT2D eigenvalue weighted by Crippen LogP contribution is -2.29. The van der Waals surface area contributed by atoms with Crippen LogP contribution in [0.4, 0.5) is 0 Å². The van der Waals surface area contributed by atoms with Gasteiger partial charge in [0.05, 0.1) is 18.5 Å². The summed E-state index contributed by atoms with van der Waals surface area (Å²) in [7, 11) is 0. The minimum absolute atomic E-state index is 0.232. The molecule has 3 nitrogen and oxygen atoms in total. The molecule has 0 amide bonds. The van der Waals surface area contributed by atoms with Gasteiger partial charge in [0.2, 0.25) is 0 Å². The predicted molar refractivity (Wildman–Crippen MR) is 70.1 cm³/mol. The maximum Gasteiger partial charge on any atom is 0.0911 e. The Bertz CT molecular complexity index is 276. The molecular weight excluding hydrogens is 212 g/mol. The molecule has 2 aliphatic carbocycles. The van der Waals surface area contributed by atoms with E-state index in [2.05, 4.69) is 13.8 Å². The van der Waals surface area contributed by atoms with Crippen molar-refractivity contribution >= 4 is 5.84 Å². The van der Waals surface area contributed by atoms with Crippen molar-refractivity contribution in [3.63, 3.8) is 0 Å². The highest BCUT2D eigenvalue weighted by atomic mass is 16.5. The zero-order valence-corrected chi connectivity index (χ0v) is 11.2. The Morgan fingerprint density at radius 1 is 1.24 bits per heavy atom. The van der Waals surface area contributed by atoms with Crippen LogP contribution in [0.3, 0.4) is 0 Å². The summed E-state index contributed by atoms with van der Waals surface area (Å²) in [6.45, 7) is 5.47. The third-order valence-corrected chi connectivity index (χ3v) is 4.28. The predicted octanol–water partition coefficient (Wildman–Crippen LogP) is 2.93. The number of rotatable bonds is 5. The van der Waals surface area contributed by atoms with Crippen LogP contribution in [0, 0.1) is 22.7 Å². The van der Waals surface area contributed by atoms with E-state index < -0.39 is 0 Å². The van der Waals surface area contributed by atoms with Crippen LogP contribution in [0.2, 0.25) is 0 Å². The molecule has 0 heterocycles. The van der Waals surface area contributed by atoms with E-state index >= 15 is 0 Å². The van der Waals surface area contributed by atoms with Gasteiger partial charge >= 0.3 is 0 Å². The van der Waals surface area contributed by atoms with Crippen LogP contribution in [-0.4, -0.2) is 18.5 Å². The fraction of sp³-hybridized carbons (Fsp3) is 0.929. The van der Waals surface area contributed by atoms with E-state index in [4.69, 9.17) is 15.9 Å². The van der Waals surface area contributed by atoms with E-state index in [-0.39, 0.29) is 5.41 Å². The average molecular weight is 238 g/mol. The van der Waals surface area contributed by atoms with Gasteiger partial charge in [0, 0.05) is 11.8 Å². The molecule has 3 heteroatoms. The maximum atomic E-state index is 7.40. The number of hydrogen-bond donors (Lipinski definition) is 2. The lowest BCUT2D eigenvalue weighted by atomic mass is 9.82. The summed E-state index contributed by atoms with van der Waals surface area (Å²) in [6, 6.07) is 0. The molecule has 2 aliphatic rings. The number of nitrogens with one attached hydrogen (secondary N) is 1. The summed E-state index contributed by atoms with van der Waals surface area (Å²) in [4.78, 5) is 0. The molecule has 2 rings (SSSR count). The van der Waals surface area contributed by atoms with Gasteiger partial charge in [-0.05, 0) is 43.9 Å². The SMILES string of the molecule is CC1CC(C)CC(OCC2(CC(=N)N)CC2)C1. The number of hydrogen-bond acceptors (Lipinski definition) is 2. The molecule has 0 aromatic rings. The molecule has 2 fully saturated rings. The average Bonchev–Trinajstić information content (AvgIpc) is 2.93. The first-order valence-electron chi connectivity index (χ1n) is 6.94. The van der Waals surface area contributed by atoms with Crippen molar-refractivity contribution < 1.29 is 4.74 Å². The Hall–Kier alpha value is -0.570. The van der Waals surface area contributed by atoms with Gasteiger partial charge in [0.25, 0.3) is 0 Å². The van der Waals surface area contributed by atoms with Gasteiger partial charge in [0.15, 0.2) is 0 Å². The normalized spacial score (nSPS) is 35.5. The molecule has 2 saturated carbocycles. The van der Waals surface area contributed by atoms with E-state index in [9.17, 15) is 0 Å². The van der Waals surface area contributed by atoms with Gasteiger partial charge in [-0.15, -0.1) is 0 Å². The molecule has 0 spiro atoms. The lowest BCUT2D eigenvalue weighted by Gasteiger charge is -2.32. The van der Waals surface area contributed by atoms with Crippen molar-refractivity contribution in [2.45, 2.75) is 58.5 Å². The standard InChI is InChI=1S/C14H26N2O/c1-10-5-11(2)7-12(6-10)17-9-14(3-4-14)8-13(15)16/h10-12H,3-9H2,1-2H3,(H3,15,16). The Kier molecular flexibility index (Phi) is 3.76. The molecule has 17 heavy (non-hydrogen) atoms. The quantitative estimate of drug-likeness (QED) is 0.571. The van der Waals surface area contributed by atoms with Crippen molar-refractivity contribution in [2.24, 2.45) is 23.0 Å². The van der Waals surface area contributed by atoms with Crippen LogP contribution >= 0.6 is 0 Å². The fourth-order valence-electron chi connectivity index (χ4n) is 3.26. The summed E-state index contributed by atoms with van der Waals surface area (Å²) >= 11 is 0. The number of ether oxygens (including phenoxy) is 1. The van der Waals surface area contributed by atoms with Gasteiger partial charge in [0.1, 0.15) is 0 Å². The third-order valence-electron chi connectivity index (χ3n) is 4.28. The highest BCUT2D eigenvalue weighted by Gasteiger charge is 2.44. The highest BCUT2D eigenvalue weighted by Crippen LogP contribution is 2.49. The van der Waals surface area contributed by atoms with Gasteiger partial charge < -0.3 is 10.5 Å². The minimum atomic E-state index is 0.232. The lowest BCUT2D eigenvalue weighted by molar-refractivity contribution is -0.0197. The monoisotopic (exact) mass is 238 g/mol. The summed E-state index contributed by atoms with van der Waals surface area (Å²) in [5, 5.41) is 7.40. The van der Waals surface area contributed by atoms with E-state index in [1.165, 1.54) is 32.1 Å². The first-order chi connectivity index (χ1) is 7.99. The van der Waals surface area contributed by atoms with Crippen LogP contribution in [0.15, 0.2) is 0 Å². The molecule has 2 atom stereocenters. The van der Waals surface area contributed by atoms with Crippen LogP contribution in [0.25, 0.3) is 0 Å². The molecule has 0 aromatic heterocycles. The molecule has 98 valence electrons. The maximum absolute atomic E-state index is 7.40. The first kappa shape index (κ1) is 12.9. The Morgan fingerprint density at radius 3 is 2.29 bits per heavy atom. The second kappa shape index (κ2) is 4.97. The first-order valence-corrected chi connectivity index (χ1v) is 6.94. The van der Waals surface area contributed by atoms with Crippen LogP contribution in [-0.2, 0) is 4.74 Å². The van der Waals surface area contributed by atoms with Crippen molar-refractivity contribution in [1.29, 1.82) is 5.41 Å². The molecule has 0 saturated heterocycles. The number of amidine groups is 1. The van der Waals surface area contributed by atoms with Gasteiger partial charge in [-0.2, -0.15) is 0 Å². The second-order valence-corrected chi connectivity index (χ2v) is 6.55. The summed E-state index contributed by atoms with van der Waals surface area (Å²) in [6.07, 6.45) is 7.30. The van der Waals surface area contributed by atoms with Crippen molar-refractivity contribution in [1.82, 2.24) is 0 Å². The van der Waals surface area contributed by atoms with Crippen LogP contribution in [0.5, 0.6) is 0 Å². The van der Waals surface area contributed by atoms with Crippen molar-refractivity contribution in [2.75, 3.05) is 6.61 Å². The Morgan fingerprint density at radius 2 is 1.82 bits per heavy atom. The van der Waals surface area contributed by atoms with E-state index in [0.29, 0.717) is 11.9 Å². The van der Waals surface area contributed by atoms with E-state index in [1.807, 2.05) is 0 Å². The largest absolute Gasteiger partial charge is 0.388 e. The summed E-state index contributed by atoms with van der Waals surface area (Å²) in [5.74, 6) is 1.91. The van der Waals surface area contributed by atoms with Crippen LogP contribution < -0.4 is 5.73 Å².